The van der Waals surface area contributed by atoms with Crippen molar-refractivity contribution in [2.24, 2.45) is 5.41 Å². The monoisotopic (exact) mass is 395 g/mol. The molecule has 3 aliphatic carbocycles. The molecule has 3 aliphatic rings. The number of rotatable bonds is 4. The third-order valence-electron chi connectivity index (χ3n) is 3.89. The van der Waals surface area contributed by atoms with Gasteiger partial charge in [0.05, 0.1) is 7.11 Å². The SMILES string of the molecule is COC(=O)C(CC12CC(I)(C1)C2)NC(=O)OC(C)(C)C. The average Bonchev–Trinajstić information content (AvgIpc) is 2.20. The van der Waals surface area contributed by atoms with Gasteiger partial charge in [0.15, 0.2) is 0 Å². The van der Waals surface area contributed by atoms with Crippen molar-refractivity contribution in [1.82, 2.24) is 5.32 Å². The summed E-state index contributed by atoms with van der Waals surface area (Å²) in [5.41, 5.74) is -0.359. The standard InChI is InChI=1S/C14H22INO4/c1-12(2,3)20-11(18)16-9(10(17)19-4)5-13-6-14(15,7-13)8-13/h9H,5-8H2,1-4H3,(H,16,18). The zero-order valence-electron chi connectivity index (χ0n) is 12.4. The second-order valence-electron chi connectivity index (χ2n) is 7.11. The van der Waals surface area contributed by atoms with Gasteiger partial charge in [0.2, 0.25) is 0 Å². The average molecular weight is 395 g/mol. The van der Waals surface area contributed by atoms with E-state index >= 15 is 0 Å². The molecule has 1 atom stereocenters. The molecule has 3 saturated carbocycles. The summed E-state index contributed by atoms with van der Waals surface area (Å²) < 4.78 is 10.4. The van der Waals surface area contributed by atoms with E-state index in [0.29, 0.717) is 9.84 Å². The Morgan fingerprint density at radius 3 is 2.25 bits per heavy atom. The largest absolute Gasteiger partial charge is 0.467 e. The van der Waals surface area contributed by atoms with E-state index in [9.17, 15) is 9.59 Å². The zero-order valence-corrected chi connectivity index (χ0v) is 14.6. The van der Waals surface area contributed by atoms with E-state index in [-0.39, 0.29) is 5.41 Å². The predicted molar refractivity (Wildman–Crippen MR) is 82.8 cm³/mol. The van der Waals surface area contributed by atoms with E-state index in [2.05, 4.69) is 27.9 Å². The summed E-state index contributed by atoms with van der Waals surface area (Å²) in [5.74, 6) is -0.400. The highest BCUT2D eigenvalue weighted by atomic mass is 127. The van der Waals surface area contributed by atoms with Gasteiger partial charge in [0, 0.05) is 3.42 Å². The van der Waals surface area contributed by atoms with Crippen LogP contribution in [0.1, 0.15) is 46.5 Å². The Labute approximate surface area is 133 Å². The van der Waals surface area contributed by atoms with Crippen LogP contribution in [0.4, 0.5) is 4.79 Å². The lowest BCUT2D eigenvalue weighted by molar-refractivity contribution is -0.148. The van der Waals surface area contributed by atoms with Crippen molar-refractivity contribution in [2.75, 3.05) is 7.11 Å². The smallest absolute Gasteiger partial charge is 0.408 e. The normalized spacial score (nSPS) is 32.5. The molecule has 0 heterocycles. The molecule has 20 heavy (non-hydrogen) atoms. The number of hydrogen-bond donors (Lipinski definition) is 1. The minimum atomic E-state index is -0.615. The topological polar surface area (TPSA) is 64.6 Å². The Bertz CT molecular complexity index is 410. The molecule has 0 saturated heterocycles. The number of carbonyl (C=O) groups excluding carboxylic acids is 2. The lowest BCUT2D eigenvalue weighted by atomic mass is 9.42. The maximum Gasteiger partial charge on any atom is 0.408 e. The van der Waals surface area contributed by atoms with Gasteiger partial charge in [-0.25, -0.2) is 9.59 Å². The quantitative estimate of drug-likeness (QED) is 0.452. The molecule has 2 bridgehead atoms. The predicted octanol–water partition coefficient (Wildman–Crippen LogP) is 2.80. The molecule has 0 spiro atoms. The molecule has 5 nitrogen and oxygen atoms in total. The summed E-state index contributed by atoms with van der Waals surface area (Å²) >= 11 is 2.49. The lowest BCUT2D eigenvalue weighted by Gasteiger charge is -2.69. The van der Waals surface area contributed by atoms with Gasteiger partial charge in [-0.2, -0.15) is 0 Å². The fourth-order valence-electron chi connectivity index (χ4n) is 3.30. The van der Waals surface area contributed by atoms with Crippen molar-refractivity contribution in [1.29, 1.82) is 0 Å². The number of halogens is 1. The Morgan fingerprint density at radius 2 is 1.85 bits per heavy atom. The van der Waals surface area contributed by atoms with Crippen molar-refractivity contribution in [3.05, 3.63) is 0 Å². The van der Waals surface area contributed by atoms with E-state index in [1.165, 1.54) is 7.11 Å². The summed E-state index contributed by atoms with van der Waals surface area (Å²) in [6.45, 7) is 5.38. The van der Waals surface area contributed by atoms with Crippen LogP contribution < -0.4 is 5.32 Å². The van der Waals surface area contributed by atoms with E-state index in [1.807, 2.05) is 0 Å². The van der Waals surface area contributed by atoms with Crippen LogP contribution in [-0.4, -0.2) is 34.2 Å². The molecule has 0 aliphatic heterocycles. The highest BCUT2D eigenvalue weighted by Crippen LogP contribution is 2.73. The fraction of sp³-hybridized carbons (Fsp3) is 0.857. The number of alkyl carbamates (subject to hydrolysis) is 1. The van der Waals surface area contributed by atoms with Crippen LogP contribution in [0.15, 0.2) is 0 Å². The second-order valence-corrected chi connectivity index (χ2v) is 9.40. The van der Waals surface area contributed by atoms with Crippen molar-refractivity contribution < 1.29 is 19.1 Å². The molecule has 114 valence electrons. The number of ether oxygens (including phenoxy) is 2. The highest BCUT2D eigenvalue weighted by molar-refractivity contribution is 14.1. The summed E-state index contributed by atoms with van der Waals surface area (Å²) in [4.78, 5) is 23.6. The van der Waals surface area contributed by atoms with Crippen LogP contribution in [0.3, 0.4) is 0 Å². The third kappa shape index (κ3) is 3.38. The van der Waals surface area contributed by atoms with Gasteiger partial charge in [-0.15, -0.1) is 0 Å². The van der Waals surface area contributed by atoms with Crippen molar-refractivity contribution in [3.63, 3.8) is 0 Å². The van der Waals surface area contributed by atoms with Gasteiger partial charge in [-0.1, -0.05) is 22.6 Å². The summed E-state index contributed by atoms with van der Waals surface area (Å²) in [6, 6.07) is -0.615. The van der Waals surface area contributed by atoms with Crippen LogP contribution in [0.2, 0.25) is 0 Å². The molecule has 3 fully saturated rings. The first-order valence-corrected chi connectivity index (χ1v) is 7.91. The molecule has 1 amide bonds. The number of amides is 1. The molecule has 1 unspecified atom stereocenters. The molecule has 6 heteroatoms. The van der Waals surface area contributed by atoms with Crippen molar-refractivity contribution in [3.8, 4) is 0 Å². The van der Waals surface area contributed by atoms with E-state index in [0.717, 1.165) is 19.3 Å². The highest BCUT2D eigenvalue weighted by Gasteiger charge is 2.66. The molecule has 0 aromatic heterocycles. The van der Waals surface area contributed by atoms with Gasteiger partial charge < -0.3 is 14.8 Å². The number of esters is 1. The minimum absolute atomic E-state index is 0.217. The Morgan fingerprint density at radius 1 is 1.30 bits per heavy atom. The molecule has 0 radical (unpaired) electrons. The molecule has 0 aromatic rings. The first-order chi connectivity index (χ1) is 9.06. The van der Waals surface area contributed by atoms with Crippen molar-refractivity contribution in [2.45, 2.75) is 61.5 Å². The zero-order chi connectivity index (χ0) is 15.2. The maximum atomic E-state index is 11.8. The molecule has 0 aromatic carbocycles. The van der Waals surface area contributed by atoms with Gasteiger partial charge in [0.25, 0.3) is 0 Å². The number of carbonyl (C=O) groups is 2. The van der Waals surface area contributed by atoms with E-state index in [1.54, 1.807) is 20.8 Å². The molecular weight excluding hydrogens is 373 g/mol. The number of alkyl halides is 1. The van der Waals surface area contributed by atoms with Gasteiger partial charge >= 0.3 is 12.1 Å². The third-order valence-corrected chi connectivity index (χ3v) is 5.03. The first-order valence-electron chi connectivity index (χ1n) is 6.83. The van der Waals surface area contributed by atoms with Crippen molar-refractivity contribution >= 4 is 34.7 Å². The second kappa shape index (κ2) is 5.03. The number of hydrogen-bond acceptors (Lipinski definition) is 4. The van der Waals surface area contributed by atoms with E-state index in [4.69, 9.17) is 9.47 Å². The summed E-state index contributed by atoms with van der Waals surface area (Å²) in [5, 5.41) is 2.65. The number of nitrogens with one attached hydrogen (secondary N) is 1. The van der Waals surface area contributed by atoms with Crippen LogP contribution in [0, 0.1) is 5.41 Å². The van der Waals surface area contributed by atoms with Crippen LogP contribution >= 0.6 is 22.6 Å². The Balaban J connectivity index is 1.91. The Kier molecular flexibility index (Phi) is 3.99. The van der Waals surface area contributed by atoms with Gasteiger partial charge in [0.1, 0.15) is 11.6 Å². The van der Waals surface area contributed by atoms with E-state index < -0.39 is 23.7 Å². The molecular formula is C14H22INO4. The Hall–Kier alpha value is -0.530. The fourth-order valence-corrected chi connectivity index (χ4v) is 5.72. The number of methoxy groups -OCH3 is 1. The molecule has 3 rings (SSSR count). The first kappa shape index (κ1) is 15.9. The summed E-state index contributed by atoms with van der Waals surface area (Å²) in [6.07, 6.45) is 3.46. The minimum Gasteiger partial charge on any atom is -0.467 e. The van der Waals surface area contributed by atoms with Gasteiger partial charge in [-0.3, -0.25) is 0 Å². The van der Waals surface area contributed by atoms with Crippen LogP contribution in [0.25, 0.3) is 0 Å². The lowest BCUT2D eigenvalue weighted by Crippen LogP contribution is -2.65. The molecule has 1 N–H and O–H groups in total. The van der Waals surface area contributed by atoms with Gasteiger partial charge in [-0.05, 0) is 51.9 Å². The summed E-state index contributed by atoms with van der Waals surface area (Å²) in [7, 11) is 1.34. The maximum absolute atomic E-state index is 11.8. The van der Waals surface area contributed by atoms with Crippen LogP contribution in [-0.2, 0) is 14.3 Å². The van der Waals surface area contributed by atoms with Crippen LogP contribution in [0.5, 0.6) is 0 Å².